The lowest BCUT2D eigenvalue weighted by atomic mass is 10.1. The molecule has 1 aliphatic carbocycles. The predicted octanol–water partition coefficient (Wildman–Crippen LogP) is 1.43. The number of nitrogens with zero attached hydrogens (tertiary/aromatic N) is 5. The van der Waals surface area contributed by atoms with E-state index in [1.54, 1.807) is 12.3 Å². The van der Waals surface area contributed by atoms with Gasteiger partial charge in [-0.05, 0) is 18.9 Å². The second kappa shape index (κ2) is 7.03. The van der Waals surface area contributed by atoms with E-state index in [2.05, 4.69) is 25.7 Å². The maximum absolute atomic E-state index is 13.8. The Morgan fingerprint density at radius 3 is 2.90 bits per heavy atom. The molecular formula is C19H21FN8O. The minimum atomic E-state index is -0.924. The van der Waals surface area contributed by atoms with Crippen LogP contribution in [0.15, 0.2) is 24.8 Å². The van der Waals surface area contributed by atoms with Crippen LogP contribution in [0.2, 0.25) is 0 Å². The number of piperidine rings is 1. The lowest BCUT2D eigenvalue weighted by molar-refractivity contribution is 0.100. The molecule has 150 valence electrons. The summed E-state index contributed by atoms with van der Waals surface area (Å²) < 4.78 is 15.7. The molecule has 2 fully saturated rings. The van der Waals surface area contributed by atoms with E-state index in [0.29, 0.717) is 48.1 Å². The van der Waals surface area contributed by atoms with Crippen LogP contribution >= 0.6 is 0 Å². The van der Waals surface area contributed by atoms with Gasteiger partial charge in [-0.3, -0.25) is 9.48 Å². The fourth-order valence-corrected chi connectivity index (χ4v) is 3.68. The number of hydrogen-bond acceptors (Lipinski definition) is 7. The Morgan fingerprint density at radius 1 is 1.28 bits per heavy atom. The summed E-state index contributed by atoms with van der Waals surface area (Å²) in [7, 11) is 0. The smallest absolute Gasteiger partial charge is 0.251 e. The summed E-state index contributed by atoms with van der Waals surface area (Å²) in [5.41, 5.74) is 8.04. The van der Waals surface area contributed by atoms with Gasteiger partial charge in [-0.25, -0.2) is 19.3 Å². The molecule has 0 spiro atoms. The maximum Gasteiger partial charge on any atom is 0.251 e. The summed E-state index contributed by atoms with van der Waals surface area (Å²) >= 11 is 0. The summed E-state index contributed by atoms with van der Waals surface area (Å²) in [5, 5.41) is 10.7. The molecular weight excluding hydrogens is 375 g/mol. The molecule has 5 rings (SSSR count). The number of anilines is 1. The molecule has 1 aliphatic heterocycles. The van der Waals surface area contributed by atoms with Crippen molar-refractivity contribution < 1.29 is 9.18 Å². The summed E-state index contributed by atoms with van der Waals surface area (Å²) in [6.45, 7) is 0.963. The van der Waals surface area contributed by atoms with E-state index in [1.807, 2.05) is 10.9 Å². The number of carbonyl (C=O) groups is 1. The minimum Gasteiger partial charge on any atom is -0.366 e. The van der Waals surface area contributed by atoms with Gasteiger partial charge in [0.15, 0.2) is 5.82 Å². The first kappa shape index (κ1) is 17.9. The van der Waals surface area contributed by atoms with Crippen molar-refractivity contribution in [2.24, 2.45) is 5.73 Å². The molecule has 1 saturated heterocycles. The van der Waals surface area contributed by atoms with E-state index in [0.717, 1.165) is 18.4 Å². The van der Waals surface area contributed by atoms with Crippen LogP contribution in [0.4, 0.5) is 10.2 Å². The zero-order valence-electron chi connectivity index (χ0n) is 15.7. The number of hydrogen-bond donors (Lipinski definition) is 3. The van der Waals surface area contributed by atoms with Crippen molar-refractivity contribution in [2.75, 3.05) is 18.4 Å². The van der Waals surface area contributed by atoms with Crippen LogP contribution in [0.3, 0.4) is 0 Å². The fraction of sp³-hybridized carbons (Fsp3) is 0.421. The van der Waals surface area contributed by atoms with E-state index >= 15 is 0 Å². The van der Waals surface area contributed by atoms with Gasteiger partial charge in [0, 0.05) is 37.3 Å². The predicted molar refractivity (Wildman–Crippen MR) is 105 cm³/mol. The molecule has 4 N–H and O–H groups in total. The second-order valence-electron chi connectivity index (χ2n) is 7.61. The van der Waals surface area contributed by atoms with Crippen LogP contribution in [0.1, 0.15) is 35.7 Å². The van der Waals surface area contributed by atoms with Crippen LogP contribution in [-0.4, -0.2) is 55.9 Å². The second-order valence-corrected chi connectivity index (χ2v) is 7.61. The molecule has 0 radical (unpaired) electrons. The number of rotatable bonds is 5. The van der Waals surface area contributed by atoms with Crippen molar-refractivity contribution in [2.45, 2.75) is 37.5 Å². The molecule has 0 bridgehead atoms. The van der Waals surface area contributed by atoms with E-state index in [-0.39, 0.29) is 11.6 Å². The Balaban J connectivity index is 1.58. The van der Waals surface area contributed by atoms with Crippen molar-refractivity contribution in [1.82, 2.24) is 30.0 Å². The fourth-order valence-electron chi connectivity index (χ4n) is 3.68. The van der Waals surface area contributed by atoms with Crippen molar-refractivity contribution >= 4 is 22.8 Å². The van der Waals surface area contributed by atoms with Crippen molar-refractivity contribution in [3.8, 4) is 11.3 Å². The first-order chi connectivity index (χ1) is 14.1. The number of nitrogens with two attached hydrogens (primary N) is 1. The van der Waals surface area contributed by atoms with Crippen LogP contribution in [0.25, 0.3) is 22.3 Å². The van der Waals surface area contributed by atoms with E-state index in [4.69, 9.17) is 10.7 Å². The highest BCUT2D eigenvalue weighted by atomic mass is 19.1. The molecule has 2 aliphatic rings. The zero-order valence-corrected chi connectivity index (χ0v) is 15.7. The average Bonchev–Trinajstić information content (AvgIpc) is 3.44. The van der Waals surface area contributed by atoms with Gasteiger partial charge in [-0.2, -0.15) is 5.10 Å². The summed E-state index contributed by atoms with van der Waals surface area (Å²) in [4.78, 5) is 25.3. The molecule has 3 aromatic heterocycles. The van der Waals surface area contributed by atoms with Gasteiger partial charge in [-0.1, -0.05) is 0 Å². The van der Waals surface area contributed by atoms with Crippen molar-refractivity contribution in [3.05, 3.63) is 30.4 Å². The summed E-state index contributed by atoms with van der Waals surface area (Å²) in [5.74, 6) is -0.143. The molecule has 3 aromatic rings. The number of amides is 1. The number of pyridine rings is 1. The number of alkyl halides is 1. The van der Waals surface area contributed by atoms with Gasteiger partial charge >= 0.3 is 0 Å². The topological polar surface area (TPSA) is 124 Å². The van der Waals surface area contributed by atoms with Crippen LogP contribution < -0.4 is 16.4 Å². The molecule has 9 nitrogen and oxygen atoms in total. The largest absolute Gasteiger partial charge is 0.366 e. The van der Waals surface area contributed by atoms with Crippen LogP contribution in [0, 0.1) is 0 Å². The number of aromatic nitrogens is 5. The number of primary amides is 1. The number of carbonyl (C=O) groups excluding carboxylic acids is 1. The van der Waals surface area contributed by atoms with Gasteiger partial charge in [0.1, 0.15) is 23.5 Å². The Hall–Kier alpha value is -3.14. The first-order valence-corrected chi connectivity index (χ1v) is 9.70. The molecule has 29 heavy (non-hydrogen) atoms. The van der Waals surface area contributed by atoms with E-state index < -0.39 is 12.1 Å². The first-order valence-electron chi connectivity index (χ1n) is 9.70. The minimum absolute atomic E-state index is 0.142. The Morgan fingerprint density at radius 2 is 2.14 bits per heavy atom. The number of halogens is 1. The highest BCUT2D eigenvalue weighted by molar-refractivity contribution is 6.06. The SMILES string of the molecule is NC(=O)c1cc(-c2cnn(C3CC3)c2)nc2c(N[C@@H]3CNC[C@@H](F)C3)ncnc12. The Labute approximate surface area is 165 Å². The lowest BCUT2D eigenvalue weighted by Crippen LogP contribution is -2.44. The maximum atomic E-state index is 13.8. The molecule has 1 saturated carbocycles. The lowest BCUT2D eigenvalue weighted by Gasteiger charge is -2.27. The molecule has 1 amide bonds. The van der Waals surface area contributed by atoms with E-state index in [9.17, 15) is 9.18 Å². The monoisotopic (exact) mass is 396 g/mol. The quantitative estimate of drug-likeness (QED) is 0.596. The molecule has 2 atom stereocenters. The third-order valence-electron chi connectivity index (χ3n) is 5.31. The third-order valence-corrected chi connectivity index (χ3v) is 5.31. The zero-order chi connectivity index (χ0) is 20.0. The van der Waals surface area contributed by atoms with Crippen molar-refractivity contribution in [1.29, 1.82) is 0 Å². The van der Waals surface area contributed by atoms with Gasteiger partial charge < -0.3 is 16.4 Å². The van der Waals surface area contributed by atoms with E-state index in [1.165, 1.54) is 6.33 Å². The molecule has 10 heteroatoms. The highest BCUT2D eigenvalue weighted by Gasteiger charge is 2.26. The number of fused-ring (bicyclic) bond motifs is 1. The Bertz CT molecular complexity index is 1080. The standard InChI is InChI=1S/C19H21FN8O/c20-11-3-12(7-22-6-11)26-19-17-16(23-9-24-19)14(18(21)29)4-15(27-17)10-5-25-28(8-10)13-1-2-13/h4-5,8-9,11-13,22H,1-3,6-7H2,(H2,21,29)(H,23,24,26)/t11-,12-/m0/s1. The average molecular weight is 396 g/mol. The number of nitrogens with one attached hydrogen (secondary N) is 2. The summed E-state index contributed by atoms with van der Waals surface area (Å²) in [6.07, 6.45) is 6.69. The van der Waals surface area contributed by atoms with Crippen molar-refractivity contribution in [3.63, 3.8) is 0 Å². The van der Waals surface area contributed by atoms with Gasteiger partial charge in [0.2, 0.25) is 0 Å². The molecule has 4 heterocycles. The summed E-state index contributed by atoms with van der Waals surface area (Å²) in [6, 6.07) is 1.93. The molecule has 0 aromatic carbocycles. The van der Waals surface area contributed by atoms with Gasteiger partial charge in [0.05, 0.1) is 23.5 Å². The van der Waals surface area contributed by atoms with Crippen LogP contribution in [-0.2, 0) is 0 Å². The van der Waals surface area contributed by atoms with Crippen LogP contribution in [0.5, 0.6) is 0 Å². The Kier molecular flexibility index (Phi) is 4.35. The molecule has 0 unspecified atom stereocenters. The highest BCUT2D eigenvalue weighted by Crippen LogP contribution is 2.35. The van der Waals surface area contributed by atoms with Gasteiger partial charge in [-0.15, -0.1) is 0 Å². The van der Waals surface area contributed by atoms with Gasteiger partial charge in [0.25, 0.3) is 5.91 Å². The normalized spacial score (nSPS) is 22.0. The third kappa shape index (κ3) is 3.51.